The number of ether oxygens (including phenoxy) is 1. The maximum Gasteiger partial charge on any atom is 0.414 e. The monoisotopic (exact) mass is 240 g/mol. The Morgan fingerprint density at radius 3 is 2.25 bits per heavy atom. The molecule has 0 saturated heterocycles. The van der Waals surface area contributed by atoms with E-state index in [4.69, 9.17) is 4.74 Å². The second kappa shape index (κ2) is 5.87. The summed E-state index contributed by atoms with van der Waals surface area (Å²) in [6.07, 6.45) is -2.79. The van der Waals surface area contributed by atoms with Gasteiger partial charge in [-0.3, -0.25) is 0 Å². The Hall–Kier alpha value is -0.290. The van der Waals surface area contributed by atoms with E-state index in [1.165, 1.54) is 0 Å². The van der Waals surface area contributed by atoms with Crippen LogP contribution < -0.4 is 0 Å². The van der Waals surface area contributed by atoms with E-state index in [-0.39, 0.29) is 0 Å². The fraction of sp³-hybridized carbons (Fsp3) is 1.00. The smallest absolute Gasteiger partial charge is 0.390 e. The largest absolute Gasteiger partial charge is 0.414 e. The van der Waals surface area contributed by atoms with Crippen LogP contribution in [0.4, 0.5) is 13.2 Å². The first-order chi connectivity index (χ1) is 7.41. The SMILES string of the molecule is CC(OC1CCCCCCC1O)C(F)(F)F. The van der Waals surface area contributed by atoms with Crippen LogP contribution in [0.15, 0.2) is 0 Å². The lowest BCUT2D eigenvalue weighted by molar-refractivity contribution is -0.237. The molecule has 1 N–H and O–H groups in total. The number of halogens is 3. The predicted octanol–water partition coefficient (Wildman–Crippen LogP) is 3.04. The van der Waals surface area contributed by atoms with Gasteiger partial charge in [-0.15, -0.1) is 0 Å². The van der Waals surface area contributed by atoms with Crippen molar-refractivity contribution in [2.75, 3.05) is 0 Å². The van der Waals surface area contributed by atoms with E-state index in [1.807, 2.05) is 0 Å². The zero-order chi connectivity index (χ0) is 12.2. The third kappa shape index (κ3) is 4.29. The maximum absolute atomic E-state index is 12.3. The number of hydrogen-bond donors (Lipinski definition) is 1. The van der Waals surface area contributed by atoms with Gasteiger partial charge in [0.25, 0.3) is 0 Å². The normalized spacial score (nSPS) is 30.6. The first kappa shape index (κ1) is 13.8. The molecular formula is C11H19F3O2. The Bertz CT molecular complexity index is 206. The van der Waals surface area contributed by atoms with Gasteiger partial charge in [-0.1, -0.05) is 25.7 Å². The molecule has 0 spiro atoms. The Morgan fingerprint density at radius 1 is 1.12 bits per heavy atom. The molecule has 3 atom stereocenters. The molecule has 96 valence electrons. The minimum absolute atomic E-state index is 0.515. The lowest BCUT2D eigenvalue weighted by Crippen LogP contribution is -2.38. The molecule has 1 aliphatic carbocycles. The highest BCUT2D eigenvalue weighted by molar-refractivity contribution is 4.75. The van der Waals surface area contributed by atoms with Crippen molar-refractivity contribution in [1.29, 1.82) is 0 Å². The third-order valence-corrected chi connectivity index (χ3v) is 3.01. The van der Waals surface area contributed by atoms with Crippen molar-refractivity contribution in [2.24, 2.45) is 0 Å². The molecule has 16 heavy (non-hydrogen) atoms. The number of rotatable bonds is 2. The van der Waals surface area contributed by atoms with Crippen LogP contribution in [0.25, 0.3) is 0 Å². The van der Waals surface area contributed by atoms with Crippen molar-refractivity contribution < 1.29 is 23.0 Å². The maximum atomic E-state index is 12.3. The summed E-state index contributed by atoms with van der Waals surface area (Å²) < 4.78 is 41.8. The summed E-state index contributed by atoms with van der Waals surface area (Å²) in [6.45, 7) is 0.992. The van der Waals surface area contributed by atoms with Crippen molar-refractivity contribution in [3.8, 4) is 0 Å². The van der Waals surface area contributed by atoms with E-state index in [1.54, 1.807) is 0 Å². The van der Waals surface area contributed by atoms with Crippen LogP contribution in [0.5, 0.6) is 0 Å². The molecule has 1 rings (SSSR count). The van der Waals surface area contributed by atoms with Crippen LogP contribution in [0.3, 0.4) is 0 Å². The molecule has 1 saturated carbocycles. The van der Waals surface area contributed by atoms with Crippen LogP contribution in [-0.4, -0.2) is 29.6 Å². The third-order valence-electron chi connectivity index (χ3n) is 3.01. The summed E-state index contributed by atoms with van der Waals surface area (Å²) in [5.41, 5.74) is 0. The van der Waals surface area contributed by atoms with Crippen molar-refractivity contribution in [3.05, 3.63) is 0 Å². The lowest BCUT2D eigenvalue weighted by atomic mass is 9.96. The molecule has 2 nitrogen and oxygen atoms in total. The van der Waals surface area contributed by atoms with Gasteiger partial charge in [-0.05, 0) is 19.8 Å². The van der Waals surface area contributed by atoms with Gasteiger partial charge in [0.05, 0.1) is 12.2 Å². The summed E-state index contributed by atoms with van der Waals surface area (Å²) in [5.74, 6) is 0. The van der Waals surface area contributed by atoms with Gasteiger partial charge in [-0.2, -0.15) is 13.2 Å². The zero-order valence-corrected chi connectivity index (χ0v) is 9.46. The minimum Gasteiger partial charge on any atom is -0.390 e. The minimum atomic E-state index is -4.35. The molecule has 0 heterocycles. The van der Waals surface area contributed by atoms with Gasteiger partial charge < -0.3 is 9.84 Å². The van der Waals surface area contributed by atoms with Gasteiger partial charge in [0.15, 0.2) is 6.10 Å². The van der Waals surface area contributed by atoms with E-state index in [9.17, 15) is 18.3 Å². The van der Waals surface area contributed by atoms with Gasteiger partial charge in [0, 0.05) is 0 Å². The first-order valence-electron chi connectivity index (χ1n) is 5.81. The molecule has 1 aliphatic rings. The molecule has 0 aromatic heterocycles. The number of hydrogen-bond acceptors (Lipinski definition) is 2. The lowest BCUT2D eigenvalue weighted by Gasteiger charge is -2.29. The first-order valence-corrected chi connectivity index (χ1v) is 5.81. The van der Waals surface area contributed by atoms with Crippen LogP contribution in [-0.2, 0) is 4.74 Å². The van der Waals surface area contributed by atoms with E-state index in [0.717, 1.165) is 32.6 Å². The van der Waals surface area contributed by atoms with Crippen molar-refractivity contribution in [2.45, 2.75) is 69.9 Å². The fourth-order valence-electron chi connectivity index (χ4n) is 1.93. The molecule has 5 heteroatoms. The average molecular weight is 240 g/mol. The van der Waals surface area contributed by atoms with Crippen molar-refractivity contribution in [3.63, 3.8) is 0 Å². The van der Waals surface area contributed by atoms with Crippen molar-refractivity contribution >= 4 is 0 Å². The molecule has 0 aliphatic heterocycles. The molecule has 0 bridgehead atoms. The van der Waals surface area contributed by atoms with E-state index in [0.29, 0.717) is 12.8 Å². The van der Waals surface area contributed by atoms with Gasteiger partial charge >= 0.3 is 6.18 Å². The zero-order valence-electron chi connectivity index (χ0n) is 9.46. The van der Waals surface area contributed by atoms with Crippen LogP contribution in [0.1, 0.15) is 45.4 Å². The molecule has 0 aromatic carbocycles. The Kier molecular flexibility index (Phi) is 5.05. The van der Waals surface area contributed by atoms with Crippen LogP contribution >= 0.6 is 0 Å². The Balaban J connectivity index is 2.48. The molecule has 3 unspecified atom stereocenters. The fourth-order valence-corrected chi connectivity index (χ4v) is 1.93. The summed E-state index contributed by atoms with van der Waals surface area (Å²) >= 11 is 0. The molecule has 1 fully saturated rings. The summed E-state index contributed by atoms with van der Waals surface area (Å²) in [6, 6.07) is 0. The van der Waals surface area contributed by atoms with Gasteiger partial charge in [-0.25, -0.2) is 0 Å². The van der Waals surface area contributed by atoms with Crippen molar-refractivity contribution in [1.82, 2.24) is 0 Å². The van der Waals surface area contributed by atoms with E-state index < -0.39 is 24.5 Å². The van der Waals surface area contributed by atoms with Gasteiger partial charge in [0.2, 0.25) is 0 Å². The summed E-state index contributed by atoms with van der Waals surface area (Å²) in [4.78, 5) is 0. The van der Waals surface area contributed by atoms with E-state index in [2.05, 4.69) is 0 Å². The molecule has 0 amide bonds. The standard InChI is InChI=1S/C11H19F3O2/c1-8(11(12,13)14)16-10-7-5-3-2-4-6-9(10)15/h8-10,15H,2-7H2,1H3. The Labute approximate surface area is 93.8 Å². The van der Waals surface area contributed by atoms with Crippen LogP contribution in [0, 0.1) is 0 Å². The average Bonchev–Trinajstić information content (AvgIpc) is 2.16. The van der Waals surface area contributed by atoms with E-state index >= 15 is 0 Å². The number of aliphatic hydroxyl groups is 1. The quantitative estimate of drug-likeness (QED) is 0.803. The second-order valence-corrected chi connectivity index (χ2v) is 4.42. The topological polar surface area (TPSA) is 29.5 Å². The molecular weight excluding hydrogens is 221 g/mol. The highest BCUT2D eigenvalue weighted by atomic mass is 19.4. The van der Waals surface area contributed by atoms with Crippen LogP contribution in [0.2, 0.25) is 0 Å². The summed E-state index contributed by atoms with van der Waals surface area (Å²) in [5, 5.41) is 9.70. The molecule has 0 radical (unpaired) electrons. The highest BCUT2D eigenvalue weighted by Gasteiger charge is 2.39. The number of alkyl halides is 3. The van der Waals surface area contributed by atoms with Gasteiger partial charge in [0.1, 0.15) is 0 Å². The highest BCUT2D eigenvalue weighted by Crippen LogP contribution is 2.27. The number of aliphatic hydroxyl groups excluding tert-OH is 1. The molecule has 0 aromatic rings. The second-order valence-electron chi connectivity index (χ2n) is 4.42. The summed E-state index contributed by atoms with van der Waals surface area (Å²) in [7, 11) is 0. The predicted molar refractivity (Wildman–Crippen MR) is 54.1 cm³/mol. The Morgan fingerprint density at radius 2 is 1.69 bits per heavy atom.